The standard InChI is InChI=1S/C66H112O31/c1-27(2)10-9-14-66(8,90-26-37-48(79)50(81)47(78)36(91-37)25-89-59-54(85)55(49(80)34(21-69)92-59)87-24-35-46(77)42(73)30(71)22-86-35)28-11-16-65(7)41(28)29(70)18-39-63(5)15-13-40(62(3,4)38(63)12-17-64(39,65)6)95-60-56(51(82)44(75)32(19-67)93-60)97-61-57(52(83)45(76)33(20-68)94-61)96-58-53(84)43(74)31(72)23-88-58/h10,28-61,67-85H,9,11-26H2,1-8H3/t28-,29+,30+,31+,32+,33+,34+,35-,36+,37-,38+,39+,40-,41-,42-,43-,44+,45+,46-,47+,48-,49+,50-,51-,52-,53+,54+,55-,56+,57+,58-,59+,60-,61-,63-,64+,65+,66-/m0/s1. The van der Waals surface area contributed by atoms with Crippen molar-refractivity contribution in [3.8, 4) is 0 Å². The lowest BCUT2D eigenvalue weighted by atomic mass is 9.35. The molecule has 0 aromatic carbocycles. The van der Waals surface area contributed by atoms with Crippen LogP contribution < -0.4 is 0 Å². The topological polar surface area (TPSA) is 495 Å². The van der Waals surface area contributed by atoms with Gasteiger partial charge in [0.2, 0.25) is 0 Å². The highest BCUT2D eigenvalue weighted by Crippen LogP contribution is 2.76. The van der Waals surface area contributed by atoms with Gasteiger partial charge in [-0.3, -0.25) is 0 Å². The molecule has 6 heterocycles. The normalized spacial score (nSPS) is 52.3. The van der Waals surface area contributed by atoms with Crippen molar-refractivity contribution in [2.24, 2.45) is 45.3 Å². The molecule has 0 unspecified atom stereocenters. The number of fused-ring (bicyclic) bond motifs is 5. The molecule has 31 nitrogen and oxygen atoms in total. The predicted octanol–water partition coefficient (Wildman–Crippen LogP) is -5.19. The van der Waals surface area contributed by atoms with Crippen molar-refractivity contribution in [3.05, 3.63) is 11.6 Å². The number of hydrogen-bond acceptors (Lipinski definition) is 31. The number of rotatable bonds is 22. The van der Waals surface area contributed by atoms with Crippen molar-refractivity contribution in [3.63, 3.8) is 0 Å². The van der Waals surface area contributed by atoms with E-state index in [0.29, 0.717) is 38.5 Å². The summed E-state index contributed by atoms with van der Waals surface area (Å²) in [6, 6.07) is 0. The van der Waals surface area contributed by atoms with Gasteiger partial charge in [0, 0.05) is 0 Å². The maximum absolute atomic E-state index is 13.0. The van der Waals surface area contributed by atoms with Crippen molar-refractivity contribution >= 4 is 0 Å². The van der Waals surface area contributed by atoms with Crippen molar-refractivity contribution < 1.29 is 154 Å². The van der Waals surface area contributed by atoms with Crippen LogP contribution in [0.5, 0.6) is 0 Å². The van der Waals surface area contributed by atoms with Gasteiger partial charge >= 0.3 is 0 Å². The second-order valence-corrected chi connectivity index (χ2v) is 31.2. The molecular formula is C66H112O31. The van der Waals surface area contributed by atoms with Crippen LogP contribution in [-0.4, -0.2) is 339 Å². The van der Waals surface area contributed by atoms with E-state index >= 15 is 0 Å². The molecule has 0 radical (unpaired) electrons. The third-order valence-corrected chi connectivity index (χ3v) is 25.0. The fraction of sp³-hybridized carbons (Fsp3) is 0.970. The first-order valence-corrected chi connectivity index (χ1v) is 34.7. The number of aliphatic hydroxyl groups is 19. The fourth-order valence-electron chi connectivity index (χ4n) is 19.0. The smallest absolute Gasteiger partial charge is 0.187 e. The molecule has 6 saturated heterocycles. The molecule has 10 fully saturated rings. The van der Waals surface area contributed by atoms with Crippen LogP contribution in [0.15, 0.2) is 11.6 Å². The molecule has 19 N–H and O–H groups in total. The second-order valence-electron chi connectivity index (χ2n) is 31.2. The molecule has 10 rings (SSSR count). The van der Waals surface area contributed by atoms with Crippen LogP contribution in [0.4, 0.5) is 0 Å². The summed E-state index contributed by atoms with van der Waals surface area (Å²) in [5.74, 6) is -0.524. The predicted molar refractivity (Wildman–Crippen MR) is 329 cm³/mol. The van der Waals surface area contributed by atoms with E-state index < -0.39 is 240 Å². The maximum atomic E-state index is 13.0. The summed E-state index contributed by atoms with van der Waals surface area (Å²) in [5, 5.41) is 208. The van der Waals surface area contributed by atoms with Crippen LogP contribution in [0.3, 0.4) is 0 Å². The third-order valence-electron chi connectivity index (χ3n) is 25.0. The minimum absolute atomic E-state index is 0.00534. The molecule has 0 aromatic heterocycles. The van der Waals surface area contributed by atoms with E-state index in [-0.39, 0.29) is 47.7 Å². The van der Waals surface area contributed by atoms with Crippen LogP contribution in [0.1, 0.15) is 113 Å². The van der Waals surface area contributed by atoms with Gasteiger partial charge in [-0.05, 0) is 124 Å². The summed E-state index contributed by atoms with van der Waals surface area (Å²) in [7, 11) is 0. The Hall–Kier alpha value is -1.50. The molecule has 31 heteroatoms. The second kappa shape index (κ2) is 30.9. The van der Waals surface area contributed by atoms with Crippen molar-refractivity contribution in [2.45, 2.75) is 303 Å². The van der Waals surface area contributed by atoms with Crippen LogP contribution in [0.25, 0.3) is 0 Å². The Labute approximate surface area is 564 Å². The Balaban J connectivity index is 0.827. The summed E-state index contributed by atoms with van der Waals surface area (Å²) in [6.07, 6.45) is -38.5. The quantitative estimate of drug-likeness (QED) is 0.0356. The average Bonchev–Trinajstić information content (AvgIpc) is 1.66. The highest BCUT2D eigenvalue weighted by atomic mass is 16.8. The number of allylic oxidation sites excluding steroid dienone is 2. The Morgan fingerprint density at radius 2 is 0.969 bits per heavy atom. The van der Waals surface area contributed by atoms with Gasteiger partial charge in [-0.15, -0.1) is 0 Å². The number of hydrogen-bond donors (Lipinski definition) is 19. The Morgan fingerprint density at radius 1 is 0.454 bits per heavy atom. The molecule has 0 bridgehead atoms. The number of ether oxygens (including phenoxy) is 12. The summed E-state index contributed by atoms with van der Waals surface area (Å²) < 4.78 is 72.9. The van der Waals surface area contributed by atoms with Crippen molar-refractivity contribution in [1.82, 2.24) is 0 Å². The minimum atomic E-state index is -1.90. The number of aliphatic hydroxyl groups excluding tert-OH is 19. The minimum Gasteiger partial charge on any atom is -0.394 e. The third kappa shape index (κ3) is 14.7. The SMILES string of the molecule is CC(C)=CCC[C@](C)(OC[C@@H]1O[C@H](CO[C@@H]2O[C@H](CO)[C@@H](O)[C@H](OC[C@@H]3OC[C@@H](O)[C@H](O)[C@H]3O)[C@H]2O)[C@@H](O)[C@H](O)[C@H]1O)[C@H]1CC[C@]2(C)[C@@H]1[C@H](O)C[C@@H]1[C@@]3(C)CC[C@H](O[C@@H]4O[C@H](CO)[C@@H](O)[C@H](O)[C@H]4O[C@@H]4O[C@H](CO)[C@@H](O)[C@H](O)[C@H]4O[C@@H]4OC[C@@H](O)[C@H](O)[C@H]4O)C(C)(C)[C@H]3CC[C@]12C. The van der Waals surface area contributed by atoms with Gasteiger partial charge in [-0.25, -0.2) is 0 Å². The maximum Gasteiger partial charge on any atom is 0.187 e. The first kappa shape index (κ1) is 78.1. The van der Waals surface area contributed by atoms with E-state index in [1.54, 1.807) is 0 Å². The Kier molecular flexibility index (Phi) is 24.9. The lowest BCUT2D eigenvalue weighted by Gasteiger charge is -2.71. The average molecular weight is 1400 g/mol. The summed E-state index contributed by atoms with van der Waals surface area (Å²) in [6.45, 7) is 12.8. The van der Waals surface area contributed by atoms with Gasteiger partial charge in [0.05, 0.1) is 70.7 Å². The van der Waals surface area contributed by atoms with Gasteiger partial charge in [-0.2, -0.15) is 0 Å². The molecule has 10 aliphatic rings. The highest BCUT2D eigenvalue weighted by molar-refractivity contribution is 5.21. The van der Waals surface area contributed by atoms with Crippen LogP contribution in [-0.2, 0) is 56.8 Å². The van der Waals surface area contributed by atoms with E-state index in [1.807, 2.05) is 20.8 Å². The highest BCUT2D eigenvalue weighted by Gasteiger charge is 2.72. The van der Waals surface area contributed by atoms with Gasteiger partial charge in [0.25, 0.3) is 0 Å². The first-order valence-electron chi connectivity index (χ1n) is 34.7. The van der Waals surface area contributed by atoms with Crippen LogP contribution >= 0.6 is 0 Å². The zero-order valence-electron chi connectivity index (χ0n) is 56.6. The lowest BCUT2D eigenvalue weighted by molar-refractivity contribution is -0.395. The van der Waals surface area contributed by atoms with E-state index in [2.05, 4.69) is 40.7 Å². The van der Waals surface area contributed by atoms with Crippen LogP contribution in [0.2, 0.25) is 0 Å². The molecule has 4 aliphatic carbocycles. The van der Waals surface area contributed by atoms with E-state index in [0.717, 1.165) is 24.8 Å². The first-order chi connectivity index (χ1) is 45.6. The summed E-state index contributed by atoms with van der Waals surface area (Å²) in [4.78, 5) is 0. The fourth-order valence-corrected chi connectivity index (χ4v) is 19.0. The molecule has 0 aromatic rings. The van der Waals surface area contributed by atoms with Gasteiger partial charge in [-0.1, -0.05) is 46.3 Å². The molecule has 4 saturated carbocycles. The zero-order chi connectivity index (χ0) is 70.9. The summed E-state index contributed by atoms with van der Waals surface area (Å²) in [5.41, 5.74) is -1.67. The molecule has 0 spiro atoms. The van der Waals surface area contributed by atoms with E-state index in [4.69, 9.17) is 56.8 Å². The largest absolute Gasteiger partial charge is 0.394 e. The monoisotopic (exact) mass is 1400 g/mol. The van der Waals surface area contributed by atoms with Crippen molar-refractivity contribution in [1.29, 1.82) is 0 Å². The molecule has 562 valence electrons. The van der Waals surface area contributed by atoms with Gasteiger partial charge in [0.1, 0.15) is 146 Å². The van der Waals surface area contributed by atoms with E-state index in [9.17, 15) is 97.0 Å². The van der Waals surface area contributed by atoms with E-state index in [1.165, 1.54) is 0 Å². The molecule has 38 atom stereocenters. The Morgan fingerprint density at radius 3 is 1.58 bits per heavy atom. The molecular weight excluding hydrogens is 1290 g/mol. The zero-order valence-corrected chi connectivity index (χ0v) is 56.6. The Bertz CT molecular complexity index is 2580. The van der Waals surface area contributed by atoms with Gasteiger partial charge < -0.3 is 154 Å². The van der Waals surface area contributed by atoms with Crippen LogP contribution in [0, 0.1) is 45.3 Å². The lowest BCUT2D eigenvalue weighted by Crippen LogP contribution is -2.68. The summed E-state index contributed by atoms with van der Waals surface area (Å²) >= 11 is 0. The van der Waals surface area contributed by atoms with Gasteiger partial charge in [0.15, 0.2) is 25.2 Å². The molecule has 97 heavy (non-hydrogen) atoms. The molecule has 6 aliphatic heterocycles. The molecule has 0 amide bonds. The van der Waals surface area contributed by atoms with Crippen molar-refractivity contribution in [2.75, 3.05) is 52.9 Å².